The summed E-state index contributed by atoms with van der Waals surface area (Å²) in [5.41, 5.74) is 8.48. The topological polar surface area (TPSA) is 104 Å². The molecule has 7 heteroatoms. The van der Waals surface area contributed by atoms with E-state index < -0.39 is 6.04 Å². The van der Waals surface area contributed by atoms with Crippen molar-refractivity contribution in [3.8, 4) is 16.9 Å². The van der Waals surface area contributed by atoms with Crippen LogP contribution in [0.3, 0.4) is 0 Å². The molecule has 2 aromatic heterocycles. The average molecular weight is 585 g/mol. The van der Waals surface area contributed by atoms with Gasteiger partial charge in [-0.05, 0) is 77.4 Å². The molecule has 3 N–H and O–H groups in total. The highest BCUT2D eigenvalue weighted by Crippen LogP contribution is 2.27. The maximum Gasteiger partial charge on any atom is 0.249 e. The first-order valence-electron chi connectivity index (χ1n) is 15.0. The van der Waals surface area contributed by atoms with Crippen LogP contribution >= 0.6 is 0 Å². The molecule has 222 valence electrons. The van der Waals surface area contributed by atoms with Crippen molar-refractivity contribution < 1.29 is 14.4 Å². The van der Waals surface area contributed by atoms with Crippen LogP contribution in [0, 0.1) is 19.8 Å². The molecule has 0 spiro atoms. The van der Waals surface area contributed by atoms with Crippen LogP contribution < -0.4 is 5.32 Å². The first kappa shape index (κ1) is 28.9. The van der Waals surface area contributed by atoms with Gasteiger partial charge in [0.05, 0.1) is 0 Å². The van der Waals surface area contributed by atoms with Gasteiger partial charge in [-0.25, -0.2) is 0 Å². The Balaban J connectivity index is 1.22. The van der Waals surface area contributed by atoms with Gasteiger partial charge in [0.1, 0.15) is 11.8 Å². The van der Waals surface area contributed by atoms with Crippen LogP contribution in [0.4, 0.5) is 0 Å². The van der Waals surface area contributed by atoms with Gasteiger partial charge in [-0.3, -0.25) is 4.79 Å². The molecule has 0 fully saturated rings. The van der Waals surface area contributed by atoms with Crippen LogP contribution in [0.2, 0.25) is 0 Å². The number of carbonyl (C=O) groups excluding carboxylic acids is 1. The smallest absolute Gasteiger partial charge is 0.249 e. The van der Waals surface area contributed by atoms with Crippen molar-refractivity contribution in [1.29, 1.82) is 0 Å². The number of para-hydroxylation sites is 1. The van der Waals surface area contributed by atoms with Crippen molar-refractivity contribution in [2.75, 3.05) is 0 Å². The van der Waals surface area contributed by atoms with Crippen molar-refractivity contribution in [3.05, 3.63) is 137 Å². The standard InChI is InChI=1S/C37H36N4O3/c1-23-17-30(42)18-24(2)32(23)19-25(3)36(43)39-34(21-29-22-38-33-12-8-7-11-31(29)33)37-40-35(41-44-37)20-26-13-15-28(16-14-26)27-9-5-4-6-10-27/h4-18,22,25,34,38,42H,19-21H2,1-3H3,(H,39,43)/t25-,34-/m0/s1. The van der Waals surface area contributed by atoms with E-state index in [-0.39, 0.29) is 17.6 Å². The van der Waals surface area contributed by atoms with E-state index in [0.29, 0.717) is 31.0 Å². The van der Waals surface area contributed by atoms with Crippen molar-refractivity contribution in [2.24, 2.45) is 5.92 Å². The Kier molecular flexibility index (Phi) is 8.28. The van der Waals surface area contributed by atoms with E-state index in [4.69, 9.17) is 9.51 Å². The molecule has 44 heavy (non-hydrogen) atoms. The number of aromatic hydroxyl groups is 1. The number of H-pyrrole nitrogens is 1. The van der Waals surface area contributed by atoms with Crippen molar-refractivity contribution in [1.82, 2.24) is 20.4 Å². The number of hydrogen-bond acceptors (Lipinski definition) is 5. The van der Waals surface area contributed by atoms with E-state index in [1.807, 2.05) is 63.4 Å². The van der Waals surface area contributed by atoms with Gasteiger partial charge >= 0.3 is 0 Å². The summed E-state index contributed by atoms with van der Waals surface area (Å²) in [5.74, 6) is 0.766. The molecule has 0 aliphatic heterocycles. The zero-order valence-electron chi connectivity index (χ0n) is 25.2. The maximum absolute atomic E-state index is 13.6. The zero-order valence-corrected chi connectivity index (χ0v) is 25.2. The van der Waals surface area contributed by atoms with Gasteiger partial charge in [0.25, 0.3) is 0 Å². The maximum atomic E-state index is 13.6. The molecule has 0 unspecified atom stereocenters. The van der Waals surface area contributed by atoms with Crippen LogP contribution in [0.5, 0.6) is 5.75 Å². The fourth-order valence-corrected chi connectivity index (χ4v) is 5.83. The fraction of sp³-hybridized carbons (Fsp3) is 0.216. The Bertz CT molecular complexity index is 1870. The van der Waals surface area contributed by atoms with Crippen LogP contribution in [0.15, 0.2) is 102 Å². The number of nitrogens with zero attached hydrogens (tertiary/aromatic N) is 2. The number of amides is 1. The largest absolute Gasteiger partial charge is 0.508 e. The summed E-state index contributed by atoms with van der Waals surface area (Å²) in [5, 5.41) is 18.5. The van der Waals surface area contributed by atoms with Crippen LogP contribution in [0.25, 0.3) is 22.0 Å². The van der Waals surface area contributed by atoms with E-state index in [1.165, 1.54) is 5.56 Å². The molecular weight excluding hydrogens is 548 g/mol. The average Bonchev–Trinajstić information content (AvgIpc) is 3.66. The second-order valence-corrected chi connectivity index (χ2v) is 11.6. The Labute approximate surface area is 257 Å². The predicted molar refractivity (Wildman–Crippen MR) is 172 cm³/mol. The molecule has 0 aliphatic carbocycles. The highest BCUT2D eigenvalue weighted by molar-refractivity contribution is 5.83. The minimum Gasteiger partial charge on any atom is -0.508 e. The number of aromatic amines is 1. The van der Waals surface area contributed by atoms with Crippen LogP contribution in [0.1, 0.15) is 52.5 Å². The third-order valence-electron chi connectivity index (χ3n) is 8.26. The molecule has 6 aromatic rings. The number of carbonyl (C=O) groups is 1. The number of hydrogen-bond donors (Lipinski definition) is 3. The van der Waals surface area contributed by atoms with Crippen LogP contribution in [-0.2, 0) is 24.1 Å². The molecule has 2 heterocycles. The quantitative estimate of drug-likeness (QED) is 0.156. The summed E-state index contributed by atoms with van der Waals surface area (Å²) in [7, 11) is 0. The second-order valence-electron chi connectivity index (χ2n) is 11.6. The molecule has 2 atom stereocenters. The van der Waals surface area contributed by atoms with E-state index in [1.54, 1.807) is 12.1 Å². The number of phenolic OH excluding ortho intramolecular Hbond substituents is 1. The molecule has 6 rings (SSSR count). The number of rotatable bonds is 10. The fourth-order valence-electron chi connectivity index (χ4n) is 5.83. The normalized spacial score (nSPS) is 12.7. The van der Waals surface area contributed by atoms with Crippen LogP contribution in [-0.4, -0.2) is 26.1 Å². The third-order valence-corrected chi connectivity index (χ3v) is 8.26. The lowest BCUT2D eigenvalue weighted by Crippen LogP contribution is -2.35. The molecule has 0 saturated heterocycles. The molecule has 0 saturated carbocycles. The molecule has 0 radical (unpaired) electrons. The summed E-state index contributed by atoms with van der Waals surface area (Å²) in [6.07, 6.45) is 3.54. The summed E-state index contributed by atoms with van der Waals surface area (Å²) >= 11 is 0. The van der Waals surface area contributed by atoms with Crippen molar-refractivity contribution >= 4 is 16.8 Å². The van der Waals surface area contributed by atoms with Gasteiger partial charge in [0.15, 0.2) is 5.82 Å². The molecule has 0 bridgehead atoms. The minimum absolute atomic E-state index is 0.0991. The highest BCUT2D eigenvalue weighted by Gasteiger charge is 2.26. The highest BCUT2D eigenvalue weighted by atomic mass is 16.5. The number of nitrogens with one attached hydrogen (secondary N) is 2. The Morgan fingerprint density at radius 3 is 2.34 bits per heavy atom. The SMILES string of the molecule is Cc1cc(O)cc(C)c1C[C@H](C)C(=O)N[C@@H](Cc1c[nH]c2ccccc12)c1nc(Cc2ccc(-c3ccccc3)cc2)no1. The first-order valence-corrected chi connectivity index (χ1v) is 15.0. The Morgan fingerprint density at radius 2 is 1.59 bits per heavy atom. The lowest BCUT2D eigenvalue weighted by molar-refractivity contribution is -0.125. The number of phenols is 1. The van der Waals surface area contributed by atoms with Gasteiger partial charge < -0.3 is 19.9 Å². The molecule has 7 nitrogen and oxygen atoms in total. The Hall–Kier alpha value is -5.17. The number of aryl methyl sites for hydroxylation is 2. The van der Waals surface area contributed by atoms with E-state index in [2.05, 4.69) is 57.9 Å². The molecule has 1 amide bonds. The number of aromatic nitrogens is 3. The van der Waals surface area contributed by atoms with Gasteiger partial charge in [-0.2, -0.15) is 4.98 Å². The number of fused-ring (bicyclic) bond motifs is 1. The minimum atomic E-state index is -0.507. The van der Waals surface area contributed by atoms with Gasteiger partial charge in [0, 0.05) is 35.9 Å². The number of benzene rings is 4. The third kappa shape index (κ3) is 6.42. The summed E-state index contributed by atoms with van der Waals surface area (Å²) in [6.45, 7) is 5.84. The second kappa shape index (κ2) is 12.6. The molecular formula is C37H36N4O3. The predicted octanol–water partition coefficient (Wildman–Crippen LogP) is 7.41. The van der Waals surface area contributed by atoms with E-state index >= 15 is 0 Å². The zero-order chi connectivity index (χ0) is 30.6. The van der Waals surface area contributed by atoms with Gasteiger partial charge in [-0.1, -0.05) is 84.9 Å². The summed E-state index contributed by atoms with van der Waals surface area (Å²) in [4.78, 5) is 21.7. The van der Waals surface area contributed by atoms with Crippen molar-refractivity contribution in [2.45, 2.75) is 46.1 Å². The summed E-state index contributed by atoms with van der Waals surface area (Å²) < 4.78 is 5.79. The first-order chi connectivity index (χ1) is 21.3. The molecule has 4 aromatic carbocycles. The Morgan fingerprint density at radius 1 is 0.909 bits per heavy atom. The lowest BCUT2D eigenvalue weighted by atomic mass is 9.92. The van der Waals surface area contributed by atoms with E-state index in [9.17, 15) is 9.90 Å². The van der Waals surface area contributed by atoms with Gasteiger partial charge in [0.2, 0.25) is 11.8 Å². The lowest BCUT2D eigenvalue weighted by Gasteiger charge is -2.20. The van der Waals surface area contributed by atoms with Crippen molar-refractivity contribution in [3.63, 3.8) is 0 Å². The van der Waals surface area contributed by atoms with E-state index in [0.717, 1.165) is 44.3 Å². The molecule has 0 aliphatic rings. The van der Waals surface area contributed by atoms with Gasteiger partial charge in [-0.15, -0.1) is 0 Å². The summed E-state index contributed by atoms with van der Waals surface area (Å²) in [6, 6.07) is 29.7. The monoisotopic (exact) mass is 584 g/mol.